The average molecular weight is 1270 g/mol. The number of aliphatic hydroxyl groups excluding tert-OH is 1. The van der Waals surface area contributed by atoms with Crippen molar-refractivity contribution >= 4 is 39.5 Å². The van der Waals surface area contributed by atoms with Gasteiger partial charge in [0.1, 0.15) is 19.3 Å². The van der Waals surface area contributed by atoms with Crippen molar-refractivity contribution < 1.29 is 80.2 Å². The first-order valence-corrected chi connectivity index (χ1v) is 38.1. The normalized spacial score (nSPS) is 14.2. The summed E-state index contributed by atoms with van der Waals surface area (Å²) in [6.07, 6.45) is 45.9. The minimum absolute atomic E-state index is 0.106. The molecule has 2 unspecified atom stereocenters. The molecule has 5 atom stereocenters. The monoisotopic (exact) mass is 1270 g/mol. The van der Waals surface area contributed by atoms with Gasteiger partial charge in [0.15, 0.2) is 12.2 Å². The molecule has 0 radical (unpaired) electrons. The zero-order chi connectivity index (χ0) is 63.5. The van der Waals surface area contributed by atoms with Crippen molar-refractivity contribution in [2.75, 3.05) is 39.6 Å². The lowest BCUT2D eigenvalue weighted by Gasteiger charge is -2.21. The molecule has 0 aliphatic heterocycles. The van der Waals surface area contributed by atoms with Crippen LogP contribution in [-0.4, -0.2) is 96.7 Å². The zero-order valence-corrected chi connectivity index (χ0v) is 57.2. The molecule has 0 aliphatic carbocycles. The maximum absolute atomic E-state index is 13.0. The largest absolute Gasteiger partial charge is 0.472 e. The van der Waals surface area contributed by atoms with Crippen LogP contribution in [0.2, 0.25) is 0 Å². The number of carbonyl (C=O) groups is 4. The summed E-state index contributed by atoms with van der Waals surface area (Å²) in [5.74, 6) is -1.34. The van der Waals surface area contributed by atoms with Gasteiger partial charge in [-0.25, -0.2) is 9.13 Å². The molecular formula is C67H130O17P2. The predicted octanol–water partition coefficient (Wildman–Crippen LogP) is 19.0. The van der Waals surface area contributed by atoms with Gasteiger partial charge in [0.05, 0.1) is 26.4 Å². The van der Waals surface area contributed by atoms with Crippen LogP contribution in [0.4, 0.5) is 0 Å². The molecule has 0 saturated heterocycles. The Hall–Kier alpha value is -1.94. The smallest absolute Gasteiger partial charge is 0.462 e. The molecule has 0 fully saturated rings. The van der Waals surface area contributed by atoms with E-state index in [-0.39, 0.29) is 25.7 Å². The average Bonchev–Trinajstić information content (AvgIpc) is 3.66. The Morgan fingerprint density at radius 3 is 0.791 bits per heavy atom. The first-order valence-electron chi connectivity index (χ1n) is 35.1. The number of hydrogen-bond donors (Lipinski definition) is 3. The summed E-state index contributed by atoms with van der Waals surface area (Å²) in [4.78, 5) is 72.2. The number of hydrogen-bond acceptors (Lipinski definition) is 15. The van der Waals surface area contributed by atoms with Crippen molar-refractivity contribution in [2.24, 2.45) is 5.92 Å². The van der Waals surface area contributed by atoms with E-state index in [1.807, 2.05) is 0 Å². The fourth-order valence-corrected chi connectivity index (χ4v) is 11.7. The molecular weight excluding hydrogens is 1140 g/mol. The third-order valence-corrected chi connectivity index (χ3v) is 17.4. The lowest BCUT2D eigenvalue weighted by Crippen LogP contribution is -2.30. The molecule has 17 nitrogen and oxygen atoms in total. The molecule has 0 spiro atoms. The number of aliphatic hydroxyl groups is 1. The summed E-state index contributed by atoms with van der Waals surface area (Å²) in [5, 5.41) is 10.5. The van der Waals surface area contributed by atoms with Crippen LogP contribution in [0, 0.1) is 5.92 Å². The van der Waals surface area contributed by atoms with Crippen molar-refractivity contribution in [1.82, 2.24) is 0 Å². The van der Waals surface area contributed by atoms with Crippen molar-refractivity contribution in [1.29, 1.82) is 0 Å². The van der Waals surface area contributed by atoms with E-state index in [9.17, 15) is 43.2 Å². The lowest BCUT2D eigenvalue weighted by atomic mass is 10.0. The quantitative estimate of drug-likeness (QED) is 0.0222. The summed E-state index contributed by atoms with van der Waals surface area (Å²) in [6.45, 7) is 7.19. The fourth-order valence-electron chi connectivity index (χ4n) is 10.1. The number of esters is 4. The Morgan fingerprint density at radius 1 is 0.314 bits per heavy atom. The highest BCUT2D eigenvalue weighted by Crippen LogP contribution is 2.45. The summed E-state index contributed by atoms with van der Waals surface area (Å²) >= 11 is 0. The van der Waals surface area contributed by atoms with Gasteiger partial charge in [0, 0.05) is 25.7 Å². The minimum Gasteiger partial charge on any atom is -0.462 e. The molecule has 86 heavy (non-hydrogen) atoms. The lowest BCUT2D eigenvalue weighted by molar-refractivity contribution is -0.161. The number of ether oxygens (including phenoxy) is 4. The second kappa shape index (κ2) is 60.6. The molecule has 0 rings (SSSR count). The Balaban J connectivity index is 5.18. The first-order chi connectivity index (χ1) is 41.5. The molecule has 0 heterocycles. The van der Waals surface area contributed by atoms with Crippen LogP contribution < -0.4 is 0 Å². The molecule has 510 valence electrons. The predicted molar refractivity (Wildman–Crippen MR) is 345 cm³/mol. The summed E-state index contributed by atoms with van der Waals surface area (Å²) < 4.78 is 68.0. The van der Waals surface area contributed by atoms with Gasteiger partial charge in [-0.3, -0.25) is 37.3 Å². The molecule has 0 saturated carbocycles. The molecule has 0 bridgehead atoms. The Kier molecular flexibility index (Phi) is 59.2. The number of rotatable bonds is 67. The van der Waals surface area contributed by atoms with E-state index in [4.69, 9.17) is 37.0 Å². The van der Waals surface area contributed by atoms with Crippen LogP contribution >= 0.6 is 15.6 Å². The molecule has 0 aliphatic rings. The van der Waals surface area contributed by atoms with Gasteiger partial charge >= 0.3 is 39.5 Å². The van der Waals surface area contributed by atoms with Gasteiger partial charge in [-0.2, -0.15) is 0 Å². The second-order valence-corrected chi connectivity index (χ2v) is 27.6. The van der Waals surface area contributed by atoms with Gasteiger partial charge in [0.25, 0.3) is 0 Å². The Morgan fingerprint density at radius 2 is 0.535 bits per heavy atom. The van der Waals surface area contributed by atoms with Crippen LogP contribution in [0.5, 0.6) is 0 Å². The van der Waals surface area contributed by atoms with E-state index in [1.54, 1.807) is 0 Å². The topological polar surface area (TPSA) is 237 Å². The molecule has 0 aromatic heterocycles. The van der Waals surface area contributed by atoms with Crippen molar-refractivity contribution in [2.45, 2.75) is 361 Å². The van der Waals surface area contributed by atoms with Gasteiger partial charge in [-0.15, -0.1) is 0 Å². The maximum Gasteiger partial charge on any atom is 0.472 e. The van der Waals surface area contributed by atoms with Crippen LogP contribution in [0.15, 0.2) is 0 Å². The van der Waals surface area contributed by atoms with E-state index in [0.29, 0.717) is 25.7 Å². The van der Waals surface area contributed by atoms with Gasteiger partial charge < -0.3 is 33.8 Å². The minimum atomic E-state index is -4.95. The molecule has 0 aromatic carbocycles. The van der Waals surface area contributed by atoms with Crippen LogP contribution in [0.25, 0.3) is 0 Å². The SMILES string of the molecule is CCCCCCCCCCCCCCCC(=O)OC[C@H](COP(=O)(O)OC[C@@H](O)COP(=O)(O)OC[C@@H](COC(=O)CCCCCCCCC)OC(=O)CCCCCCCCCCC)OC(=O)CCCCCCCCCCCCCCCCC(C)C. The van der Waals surface area contributed by atoms with Crippen LogP contribution in [0.1, 0.15) is 343 Å². The molecule has 19 heteroatoms. The van der Waals surface area contributed by atoms with E-state index in [1.165, 1.54) is 154 Å². The van der Waals surface area contributed by atoms with Crippen LogP contribution in [-0.2, 0) is 65.4 Å². The highest BCUT2D eigenvalue weighted by atomic mass is 31.2. The van der Waals surface area contributed by atoms with Crippen molar-refractivity contribution in [3.63, 3.8) is 0 Å². The molecule has 0 aromatic rings. The summed E-state index contributed by atoms with van der Waals surface area (Å²) in [5.41, 5.74) is 0. The maximum atomic E-state index is 13.0. The Bertz CT molecular complexity index is 1670. The van der Waals surface area contributed by atoms with E-state index in [0.717, 1.165) is 109 Å². The van der Waals surface area contributed by atoms with Crippen molar-refractivity contribution in [3.8, 4) is 0 Å². The van der Waals surface area contributed by atoms with Crippen molar-refractivity contribution in [3.05, 3.63) is 0 Å². The number of carbonyl (C=O) groups excluding carboxylic acids is 4. The van der Waals surface area contributed by atoms with Gasteiger partial charge in [0.2, 0.25) is 0 Å². The molecule has 0 amide bonds. The van der Waals surface area contributed by atoms with Gasteiger partial charge in [-0.05, 0) is 31.6 Å². The third-order valence-electron chi connectivity index (χ3n) is 15.5. The van der Waals surface area contributed by atoms with E-state index >= 15 is 0 Å². The van der Waals surface area contributed by atoms with Crippen LogP contribution in [0.3, 0.4) is 0 Å². The number of unbranched alkanes of at least 4 members (excludes halogenated alkanes) is 39. The number of phosphoric ester groups is 2. The number of phosphoric acid groups is 2. The van der Waals surface area contributed by atoms with E-state index in [2.05, 4.69) is 34.6 Å². The second-order valence-electron chi connectivity index (χ2n) is 24.7. The third kappa shape index (κ3) is 60.9. The summed E-state index contributed by atoms with van der Waals surface area (Å²) in [7, 11) is -9.88. The standard InChI is InChI=1S/C67H130O17P2/c1-6-9-12-15-18-20-21-24-28-32-36-41-46-51-65(70)78-57-63(84-67(72)53-48-43-38-33-29-26-23-22-25-27-31-35-39-44-49-60(4)5)59-82-86(75,76)80-55-61(68)54-79-85(73,74)81-58-62(56-77-64(69)50-45-40-34-17-14-11-8-3)83-66(71)52-47-42-37-30-19-16-13-10-7-2/h60-63,68H,6-59H2,1-5H3,(H,73,74)(H,75,76)/t61-,62+,63+/m0/s1. The van der Waals surface area contributed by atoms with E-state index < -0.39 is 97.5 Å². The molecule has 3 N–H and O–H groups in total. The van der Waals surface area contributed by atoms with Gasteiger partial charge in [-0.1, -0.05) is 291 Å². The zero-order valence-electron chi connectivity index (χ0n) is 55.4. The first kappa shape index (κ1) is 84.1. The highest BCUT2D eigenvalue weighted by molar-refractivity contribution is 7.47. The Labute approximate surface area is 524 Å². The highest BCUT2D eigenvalue weighted by Gasteiger charge is 2.30. The summed E-state index contributed by atoms with van der Waals surface area (Å²) in [6, 6.07) is 0. The fraction of sp³-hybridized carbons (Fsp3) is 0.940.